The van der Waals surface area contributed by atoms with Gasteiger partial charge in [0.25, 0.3) is 0 Å². The van der Waals surface area contributed by atoms with Gasteiger partial charge in [-0.2, -0.15) is 0 Å². The van der Waals surface area contributed by atoms with Crippen molar-refractivity contribution in [2.24, 2.45) is 5.73 Å². The molecule has 0 radical (unpaired) electrons. The van der Waals surface area contributed by atoms with Crippen LogP contribution in [0.5, 0.6) is 0 Å². The summed E-state index contributed by atoms with van der Waals surface area (Å²) in [6.45, 7) is 4.92. The van der Waals surface area contributed by atoms with Crippen LogP contribution in [0.15, 0.2) is 18.2 Å². The average Bonchev–Trinajstić information content (AvgIpc) is 2.35. The van der Waals surface area contributed by atoms with Crippen LogP contribution in [0.1, 0.15) is 18.5 Å². The van der Waals surface area contributed by atoms with E-state index >= 15 is 0 Å². The second-order valence-corrected chi connectivity index (χ2v) is 5.36. The summed E-state index contributed by atoms with van der Waals surface area (Å²) >= 11 is 12.5. The first-order chi connectivity index (χ1) is 8.65. The lowest BCUT2D eigenvalue weighted by Crippen LogP contribution is -2.47. The van der Waals surface area contributed by atoms with E-state index in [0.29, 0.717) is 22.6 Å². The Bertz CT molecular complexity index is 394. The van der Waals surface area contributed by atoms with E-state index in [0.717, 1.165) is 25.3 Å². The Kier molecular flexibility index (Phi) is 4.87. The van der Waals surface area contributed by atoms with E-state index in [-0.39, 0.29) is 6.04 Å². The molecule has 0 aromatic heterocycles. The van der Waals surface area contributed by atoms with Crippen molar-refractivity contribution in [3.8, 4) is 0 Å². The van der Waals surface area contributed by atoms with Crippen LogP contribution in [-0.4, -0.2) is 37.2 Å². The molecule has 0 amide bonds. The topological polar surface area (TPSA) is 38.5 Å². The molecule has 2 unspecified atom stereocenters. The van der Waals surface area contributed by atoms with Gasteiger partial charge in [-0.25, -0.2) is 0 Å². The van der Waals surface area contributed by atoms with Crippen LogP contribution < -0.4 is 5.73 Å². The molecule has 1 fully saturated rings. The number of rotatable bonds is 3. The summed E-state index contributed by atoms with van der Waals surface area (Å²) < 4.78 is 5.45. The van der Waals surface area contributed by atoms with Crippen molar-refractivity contribution in [2.45, 2.75) is 19.0 Å². The Hall–Kier alpha value is -0.320. The molecule has 0 spiro atoms. The van der Waals surface area contributed by atoms with Crippen LogP contribution in [0.25, 0.3) is 0 Å². The molecule has 1 aromatic rings. The van der Waals surface area contributed by atoms with Gasteiger partial charge < -0.3 is 10.5 Å². The maximum absolute atomic E-state index is 6.27. The van der Waals surface area contributed by atoms with Gasteiger partial charge in [0.05, 0.1) is 19.3 Å². The molecule has 1 saturated heterocycles. The molecule has 1 aliphatic rings. The molecule has 1 aromatic carbocycles. The number of halogens is 2. The lowest BCUT2D eigenvalue weighted by atomic mass is 10.0. The maximum Gasteiger partial charge on any atom is 0.0620 e. The van der Waals surface area contributed by atoms with E-state index in [9.17, 15) is 0 Å². The SMILES string of the molecule is CC1COCCN1C(CN)c1c(Cl)cccc1Cl. The van der Waals surface area contributed by atoms with Crippen LogP contribution in [0, 0.1) is 0 Å². The Labute approximate surface area is 118 Å². The zero-order valence-electron chi connectivity index (χ0n) is 10.4. The highest BCUT2D eigenvalue weighted by molar-refractivity contribution is 6.36. The Morgan fingerprint density at radius 3 is 2.67 bits per heavy atom. The van der Waals surface area contributed by atoms with Crippen LogP contribution in [-0.2, 0) is 4.74 Å². The van der Waals surface area contributed by atoms with Crippen LogP contribution in [0.4, 0.5) is 0 Å². The highest BCUT2D eigenvalue weighted by Crippen LogP contribution is 2.34. The molecule has 18 heavy (non-hydrogen) atoms. The number of hydrogen-bond donors (Lipinski definition) is 1. The summed E-state index contributed by atoms with van der Waals surface area (Å²) in [5, 5.41) is 1.35. The van der Waals surface area contributed by atoms with Gasteiger partial charge in [-0.05, 0) is 19.1 Å². The number of benzene rings is 1. The number of morpholine rings is 1. The van der Waals surface area contributed by atoms with Crippen molar-refractivity contribution in [3.05, 3.63) is 33.8 Å². The molecule has 2 N–H and O–H groups in total. The Morgan fingerprint density at radius 2 is 2.11 bits per heavy atom. The van der Waals surface area contributed by atoms with Crippen LogP contribution >= 0.6 is 23.2 Å². The van der Waals surface area contributed by atoms with Gasteiger partial charge in [0, 0.05) is 34.7 Å². The minimum Gasteiger partial charge on any atom is -0.379 e. The predicted molar refractivity (Wildman–Crippen MR) is 75.2 cm³/mol. The van der Waals surface area contributed by atoms with Crippen molar-refractivity contribution in [1.82, 2.24) is 4.90 Å². The number of nitrogens with zero attached hydrogens (tertiary/aromatic N) is 1. The van der Waals surface area contributed by atoms with Crippen molar-refractivity contribution in [3.63, 3.8) is 0 Å². The molecule has 3 nitrogen and oxygen atoms in total. The zero-order valence-corrected chi connectivity index (χ0v) is 11.9. The Balaban J connectivity index is 2.32. The molecule has 0 aliphatic carbocycles. The third kappa shape index (κ3) is 2.81. The first kappa shape index (κ1) is 14.1. The lowest BCUT2D eigenvalue weighted by molar-refractivity contribution is -0.0209. The highest BCUT2D eigenvalue weighted by Gasteiger charge is 2.29. The lowest BCUT2D eigenvalue weighted by Gasteiger charge is -2.39. The summed E-state index contributed by atoms with van der Waals surface area (Å²) in [6, 6.07) is 5.93. The second-order valence-electron chi connectivity index (χ2n) is 4.55. The predicted octanol–water partition coefficient (Wildman–Crippen LogP) is 2.71. The van der Waals surface area contributed by atoms with Gasteiger partial charge in [0.15, 0.2) is 0 Å². The van der Waals surface area contributed by atoms with E-state index in [1.807, 2.05) is 18.2 Å². The molecule has 100 valence electrons. The van der Waals surface area contributed by atoms with Gasteiger partial charge in [0.2, 0.25) is 0 Å². The molecular formula is C13H18Cl2N2O. The van der Waals surface area contributed by atoms with E-state index in [4.69, 9.17) is 33.7 Å². The van der Waals surface area contributed by atoms with E-state index in [1.54, 1.807) is 0 Å². The van der Waals surface area contributed by atoms with E-state index < -0.39 is 0 Å². The number of nitrogens with two attached hydrogens (primary N) is 1. The standard InChI is InChI=1S/C13H18Cl2N2O/c1-9-8-18-6-5-17(9)12(7-16)13-10(14)3-2-4-11(13)15/h2-4,9,12H,5-8,16H2,1H3. The summed E-state index contributed by atoms with van der Waals surface area (Å²) in [5.41, 5.74) is 6.86. The monoisotopic (exact) mass is 288 g/mol. The molecule has 1 heterocycles. The summed E-state index contributed by atoms with van der Waals surface area (Å²) in [7, 11) is 0. The first-order valence-corrected chi connectivity index (χ1v) is 6.88. The van der Waals surface area contributed by atoms with Gasteiger partial charge >= 0.3 is 0 Å². The molecule has 5 heteroatoms. The summed E-state index contributed by atoms with van der Waals surface area (Å²) in [4.78, 5) is 2.32. The summed E-state index contributed by atoms with van der Waals surface area (Å²) in [6.07, 6.45) is 0. The number of hydrogen-bond acceptors (Lipinski definition) is 3. The fourth-order valence-electron chi connectivity index (χ4n) is 2.45. The zero-order chi connectivity index (χ0) is 13.1. The normalized spacial score (nSPS) is 23.0. The minimum atomic E-state index is 0.0464. The van der Waals surface area contributed by atoms with Crippen LogP contribution in [0.3, 0.4) is 0 Å². The fourth-order valence-corrected chi connectivity index (χ4v) is 3.10. The maximum atomic E-state index is 6.27. The van der Waals surface area contributed by atoms with Gasteiger partial charge in [-0.3, -0.25) is 4.90 Å². The summed E-state index contributed by atoms with van der Waals surface area (Å²) in [5.74, 6) is 0. The minimum absolute atomic E-state index is 0.0464. The van der Waals surface area contributed by atoms with E-state index in [2.05, 4.69) is 11.8 Å². The number of ether oxygens (including phenoxy) is 1. The molecule has 2 atom stereocenters. The fraction of sp³-hybridized carbons (Fsp3) is 0.538. The van der Waals surface area contributed by atoms with Crippen LogP contribution in [0.2, 0.25) is 10.0 Å². The van der Waals surface area contributed by atoms with Crippen molar-refractivity contribution < 1.29 is 4.74 Å². The van der Waals surface area contributed by atoms with Gasteiger partial charge in [-0.15, -0.1) is 0 Å². The second kappa shape index (κ2) is 6.22. The Morgan fingerprint density at radius 1 is 1.44 bits per heavy atom. The van der Waals surface area contributed by atoms with Gasteiger partial charge in [-0.1, -0.05) is 29.3 Å². The third-order valence-corrected chi connectivity index (χ3v) is 4.03. The molecule has 0 saturated carbocycles. The molecule has 2 rings (SSSR count). The molecule has 1 aliphatic heterocycles. The van der Waals surface area contributed by atoms with E-state index in [1.165, 1.54) is 0 Å². The van der Waals surface area contributed by atoms with Gasteiger partial charge in [0.1, 0.15) is 0 Å². The largest absolute Gasteiger partial charge is 0.379 e. The third-order valence-electron chi connectivity index (χ3n) is 3.38. The highest BCUT2D eigenvalue weighted by atomic mass is 35.5. The van der Waals surface area contributed by atoms with Crippen molar-refractivity contribution in [2.75, 3.05) is 26.3 Å². The van der Waals surface area contributed by atoms with Crippen molar-refractivity contribution >= 4 is 23.2 Å². The first-order valence-electron chi connectivity index (χ1n) is 6.12. The molecular weight excluding hydrogens is 271 g/mol. The smallest absolute Gasteiger partial charge is 0.0620 e. The average molecular weight is 289 g/mol. The van der Waals surface area contributed by atoms with Crippen molar-refractivity contribution in [1.29, 1.82) is 0 Å². The molecule has 0 bridgehead atoms. The quantitative estimate of drug-likeness (QED) is 0.930.